The van der Waals surface area contributed by atoms with Crippen molar-refractivity contribution in [3.8, 4) is 11.5 Å². The predicted octanol–water partition coefficient (Wildman–Crippen LogP) is 3.48. The third kappa shape index (κ3) is 2.57. The zero-order chi connectivity index (χ0) is 14.1. The van der Waals surface area contributed by atoms with Crippen LogP contribution >= 0.6 is 11.6 Å². The summed E-state index contributed by atoms with van der Waals surface area (Å²) in [4.78, 5) is 0. The average Bonchev–Trinajstić information content (AvgIpc) is 2.89. The Morgan fingerprint density at radius 2 is 1.95 bits per heavy atom. The summed E-state index contributed by atoms with van der Waals surface area (Å²) in [7, 11) is 0. The van der Waals surface area contributed by atoms with Gasteiger partial charge in [0.15, 0.2) is 11.5 Å². The fourth-order valence-electron chi connectivity index (χ4n) is 2.13. The summed E-state index contributed by atoms with van der Waals surface area (Å²) >= 11 is 5.70. The predicted molar refractivity (Wildman–Crippen MR) is 72.6 cm³/mol. The highest BCUT2D eigenvalue weighted by Gasteiger charge is 2.17. The first kappa shape index (κ1) is 13.2. The van der Waals surface area contributed by atoms with E-state index in [1.165, 1.54) is 6.07 Å². The zero-order valence-electron chi connectivity index (χ0n) is 10.5. The number of aliphatic hydroxyl groups excluding tert-OH is 1. The van der Waals surface area contributed by atoms with E-state index in [0.29, 0.717) is 27.6 Å². The van der Waals surface area contributed by atoms with Gasteiger partial charge in [-0.1, -0.05) is 23.7 Å². The van der Waals surface area contributed by atoms with E-state index in [0.717, 1.165) is 0 Å². The minimum absolute atomic E-state index is 0.169. The second-order valence-electron chi connectivity index (χ2n) is 4.57. The molecule has 104 valence electrons. The van der Waals surface area contributed by atoms with Crippen molar-refractivity contribution < 1.29 is 19.0 Å². The van der Waals surface area contributed by atoms with E-state index < -0.39 is 11.9 Å². The van der Waals surface area contributed by atoms with Crippen molar-refractivity contribution >= 4 is 11.6 Å². The lowest BCUT2D eigenvalue weighted by molar-refractivity contribution is 0.171. The second kappa shape index (κ2) is 5.31. The maximum atomic E-state index is 13.7. The van der Waals surface area contributed by atoms with Gasteiger partial charge in [0.1, 0.15) is 5.82 Å². The van der Waals surface area contributed by atoms with Crippen LogP contribution in [0.15, 0.2) is 36.4 Å². The van der Waals surface area contributed by atoms with Crippen LogP contribution in [-0.4, -0.2) is 11.9 Å². The molecule has 1 aliphatic heterocycles. The zero-order valence-corrected chi connectivity index (χ0v) is 11.2. The van der Waals surface area contributed by atoms with E-state index in [1.807, 2.05) is 0 Å². The highest BCUT2D eigenvalue weighted by Crippen LogP contribution is 2.35. The fourth-order valence-corrected chi connectivity index (χ4v) is 2.29. The molecule has 3 nitrogen and oxygen atoms in total. The Hall–Kier alpha value is -1.78. The Labute approximate surface area is 120 Å². The summed E-state index contributed by atoms with van der Waals surface area (Å²) in [5.41, 5.74) is 1.07. The Balaban J connectivity index is 1.80. The molecule has 0 aliphatic carbocycles. The van der Waals surface area contributed by atoms with Crippen molar-refractivity contribution in [1.82, 2.24) is 0 Å². The van der Waals surface area contributed by atoms with Gasteiger partial charge in [-0.2, -0.15) is 0 Å². The van der Waals surface area contributed by atoms with Crippen LogP contribution in [0.25, 0.3) is 0 Å². The molecule has 2 aromatic carbocycles. The molecule has 0 amide bonds. The van der Waals surface area contributed by atoms with Crippen LogP contribution in [0.4, 0.5) is 4.39 Å². The molecule has 1 N–H and O–H groups in total. The molecular formula is C15H12ClFO3. The minimum Gasteiger partial charge on any atom is -0.454 e. The van der Waals surface area contributed by atoms with Crippen LogP contribution in [0.3, 0.4) is 0 Å². The van der Waals surface area contributed by atoms with E-state index in [2.05, 4.69) is 0 Å². The number of ether oxygens (including phenoxy) is 2. The van der Waals surface area contributed by atoms with Gasteiger partial charge >= 0.3 is 0 Å². The molecule has 0 fully saturated rings. The van der Waals surface area contributed by atoms with Gasteiger partial charge < -0.3 is 14.6 Å². The van der Waals surface area contributed by atoms with Crippen molar-refractivity contribution in [3.05, 3.63) is 58.4 Å². The van der Waals surface area contributed by atoms with Crippen LogP contribution in [0.5, 0.6) is 11.5 Å². The number of halogens is 2. The van der Waals surface area contributed by atoms with Crippen molar-refractivity contribution in [1.29, 1.82) is 0 Å². The molecule has 1 heterocycles. The van der Waals surface area contributed by atoms with Gasteiger partial charge in [0.2, 0.25) is 6.79 Å². The van der Waals surface area contributed by atoms with E-state index in [9.17, 15) is 9.50 Å². The largest absolute Gasteiger partial charge is 0.454 e. The summed E-state index contributed by atoms with van der Waals surface area (Å²) in [6, 6.07) is 9.61. The molecular weight excluding hydrogens is 283 g/mol. The van der Waals surface area contributed by atoms with Gasteiger partial charge in [-0.15, -0.1) is 0 Å². The number of aliphatic hydroxyl groups is 1. The molecule has 2 aromatic rings. The molecule has 0 saturated carbocycles. The maximum absolute atomic E-state index is 13.7. The van der Waals surface area contributed by atoms with Crippen LogP contribution in [0, 0.1) is 5.82 Å². The molecule has 0 radical (unpaired) electrons. The smallest absolute Gasteiger partial charge is 0.231 e. The quantitative estimate of drug-likeness (QED) is 0.942. The van der Waals surface area contributed by atoms with Crippen molar-refractivity contribution in [3.63, 3.8) is 0 Å². The summed E-state index contributed by atoms with van der Waals surface area (Å²) in [6.07, 6.45) is -0.650. The van der Waals surface area contributed by atoms with Gasteiger partial charge in [-0.25, -0.2) is 4.39 Å². The molecule has 20 heavy (non-hydrogen) atoms. The number of hydrogen-bond acceptors (Lipinski definition) is 3. The van der Waals surface area contributed by atoms with Crippen molar-refractivity contribution in [2.24, 2.45) is 0 Å². The summed E-state index contributed by atoms with van der Waals surface area (Å²) in [6.45, 7) is 0.181. The topological polar surface area (TPSA) is 38.7 Å². The van der Waals surface area contributed by atoms with Crippen LogP contribution < -0.4 is 9.47 Å². The van der Waals surface area contributed by atoms with E-state index in [1.54, 1.807) is 30.3 Å². The Morgan fingerprint density at radius 1 is 1.15 bits per heavy atom. The molecule has 0 saturated heterocycles. The molecule has 1 unspecified atom stereocenters. The number of benzene rings is 2. The Bertz CT molecular complexity index is 645. The standard InChI is InChI=1S/C15H12ClFO3/c16-11-3-1-9(12(17)7-11)5-13(18)10-2-4-14-15(6-10)20-8-19-14/h1-4,6-7,13,18H,5,8H2. The first-order valence-electron chi connectivity index (χ1n) is 6.15. The van der Waals surface area contributed by atoms with Gasteiger partial charge in [0, 0.05) is 11.4 Å². The average molecular weight is 295 g/mol. The molecule has 0 bridgehead atoms. The monoisotopic (exact) mass is 294 g/mol. The van der Waals surface area contributed by atoms with Gasteiger partial charge in [0.25, 0.3) is 0 Å². The molecule has 1 aliphatic rings. The minimum atomic E-state index is -0.819. The van der Waals surface area contributed by atoms with E-state index in [-0.39, 0.29) is 13.2 Å². The molecule has 0 aromatic heterocycles. The normalized spacial score (nSPS) is 14.3. The lowest BCUT2D eigenvalue weighted by Gasteiger charge is -2.12. The van der Waals surface area contributed by atoms with E-state index in [4.69, 9.17) is 21.1 Å². The van der Waals surface area contributed by atoms with Crippen LogP contribution in [0.1, 0.15) is 17.2 Å². The third-order valence-electron chi connectivity index (χ3n) is 3.21. The van der Waals surface area contributed by atoms with Crippen molar-refractivity contribution in [2.45, 2.75) is 12.5 Å². The Kier molecular flexibility index (Phi) is 3.51. The summed E-state index contributed by atoms with van der Waals surface area (Å²) < 4.78 is 24.2. The van der Waals surface area contributed by atoms with Crippen LogP contribution in [-0.2, 0) is 6.42 Å². The first-order valence-corrected chi connectivity index (χ1v) is 6.53. The third-order valence-corrected chi connectivity index (χ3v) is 3.44. The molecule has 0 spiro atoms. The van der Waals surface area contributed by atoms with Gasteiger partial charge in [-0.3, -0.25) is 0 Å². The Morgan fingerprint density at radius 3 is 2.75 bits per heavy atom. The first-order chi connectivity index (χ1) is 9.63. The number of rotatable bonds is 3. The lowest BCUT2D eigenvalue weighted by Crippen LogP contribution is -2.03. The SMILES string of the molecule is OC(Cc1ccc(Cl)cc1F)c1ccc2c(c1)OCO2. The number of fused-ring (bicyclic) bond motifs is 1. The fraction of sp³-hybridized carbons (Fsp3) is 0.200. The molecule has 1 atom stereocenters. The molecule has 5 heteroatoms. The highest BCUT2D eigenvalue weighted by molar-refractivity contribution is 6.30. The van der Waals surface area contributed by atoms with Gasteiger partial charge in [-0.05, 0) is 35.4 Å². The van der Waals surface area contributed by atoms with Gasteiger partial charge in [0.05, 0.1) is 6.10 Å². The van der Waals surface area contributed by atoms with Crippen molar-refractivity contribution in [2.75, 3.05) is 6.79 Å². The number of hydrogen-bond donors (Lipinski definition) is 1. The van der Waals surface area contributed by atoms with E-state index >= 15 is 0 Å². The highest BCUT2D eigenvalue weighted by atomic mass is 35.5. The second-order valence-corrected chi connectivity index (χ2v) is 5.00. The van der Waals surface area contributed by atoms with Crippen LogP contribution in [0.2, 0.25) is 5.02 Å². The lowest BCUT2D eigenvalue weighted by atomic mass is 10.0. The maximum Gasteiger partial charge on any atom is 0.231 e. The molecule has 3 rings (SSSR count). The summed E-state index contributed by atoms with van der Waals surface area (Å²) in [5, 5.41) is 10.5. The summed E-state index contributed by atoms with van der Waals surface area (Å²) in [5.74, 6) is 0.828.